The molecule has 0 spiro atoms. The number of benzene rings is 2. The number of amides is 1. The maximum Gasteiger partial charge on any atom is 0.414 e. The third kappa shape index (κ3) is 9.09. The fourth-order valence-electron chi connectivity index (χ4n) is 4.47. The zero-order valence-electron chi connectivity index (χ0n) is 23.0. The van der Waals surface area contributed by atoms with Crippen molar-refractivity contribution in [2.75, 3.05) is 63.6 Å². The molecule has 10 heteroatoms. The number of nitrogens with one attached hydrogen (secondary N) is 1. The maximum absolute atomic E-state index is 12.4. The van der Waals surface area contributed by atoms with Crippen LogP contribution >= 0.6 is 0 Å². The Morgan fingerprint density at radius 3 is 2.17 bits per heavy atom. The number of carboxylic acid groups (broad SMARTS) is 2. The topological polar surface area (TPSA) is 126 Å². The van der Waals surface area contributed by atoms with Crippen LogP contribution in [0.5, 0.6) is 0 Å². The van der Waals surface area contributed by atoms with E-state index in [9.17, 15) is 4.79 Å². The van der Waals surface area contributed by atoms with Crippen molar-refractivity contribution in [1.29, 1.82) is 0 Å². The number of aromatic nitrogens is 1. The Balaban J connectivity index is 0.000000663. The van der Waals surface area contributed by atoms with Gasteiger partial charge < -0.3 is 25.3 Å². The van der Waals surface area contributed by atoms with Gasteiger partial charge in [-0.25, -0.2) is 14.6 Å². The Bertz CT molecular complexity index is 1250. The highest BCUT2D eigenvalue weighted by Crippen LogP contribution is 2.24. The van der Waals surface area contributed by atoms with E-state index >= 15 is 0 Å². The van der Waals surface area contributed by atoms with Gasteiger partial charge in [0.1, 0.15) is 5.82 Å². The molecule has 4 rings (SSSR count). The quantitative estimate of drug-likeness (QED) is 0.274. The van der Waals surface area contributed by atoms with Crippen molar-refractivity contribution in [1.82, 2.24) is 14.8 Å². The van der Waals surface area contributed by atoms with Gasteiger partial charge >= 0.3 is 11.9 Å². The molecule has 3 N–H and O–H groups in total. The van der Waals surface area contributed by atoms with Gasteiger partial charge in [0.05, 0.1) is 5.56 Å². The van der Waals surface area contributed by atoms with E-state index in [2.05, 4.69) is 74.7 Å². The molecular weight excluding hydrogens is 510 g/mol. The summed E-state index contributed by atoms with van der Waals surface area (Å²) in [5.41, 5.74) is 4.73. The molecule has 1 aliphatic heterocycles. The first-order valence-corrected chi connectivity index (χ1v) is 13.2. The van der Waals surface area contributed by atoms with Gasteiger partial charge in [0, 0.05) is 58.7 Å². The van der Waals surface area contributed by atoms with Gasteiger partial charge in [0.15, 0.2) is 0 Å². The highest BCUT2D eigenvalue weighted by atomic mass is 16.4. The summed E-state index contributed by atoms with van der Waals surface area (Å²) in [6.07, 6.45) is 3.70. The van der Waals surface area contributed by atoms with E-state index in [4.69, 9.17) is 19.8 Å². The number of piperazine rings is 1. The molecule has 2 aromatic carbocycles. The van der Waals surface area contributed by atoms with Crippen molar-refractivity contribution in [2.24, 2.45) is 0 Å². The number of rotatable bonds is 9. The first kappa shape index (κ1) is 30.1. The number of pyridine rings is 1. The molecule has 212 valence electrons. The lowest BCUT2D eigenvalue weighted by Crippen LogP contribution is -2.47. The number of carboxylic acids is 2. The number of hydrogen-bond donors (Lipinski definition) is 3. The molecule has 0 bridgehead atoms. The van der Waals surface area contributed by atoms with E-state index in [-0.39, 0.29) is 5.91 Å². The predicted octanol–water partition coefficient (Wildman–Crippen LogP) is 3.15. The molecule has 1 aromatic heterocycles. The number of nitrogens with zero attached hydrogens (tertiary/aromatic N) is 4. The molecule has 1 saturated heterocycles. The second-order valence-corrected chi connectivity index (χ2v) is 9.61. The van der Waals surface area contributed by atoms with Crippen molar-refractivity contribution >= 4 is 29.4 Å². The zero-order chi connectivity index (χ0) is 28.9. The van der Waals surface area contributed by atoms with Gasteiger partial charge in [0.25, 0.3) is 5.91 Å². The summed E-state index contributed by atoms with van der Waals surface area (Å²) in [4.78, 5) is 41.6. The third-order valence-electron chi connectivity index (χ3n) is 6.51. The molecule has 10 nitrogen and oxygen atoms in total. The lowest BCUT2D eigenvalue weighted by atomic mass is 10.0. The number of aliphatic carboxylic acids is 2. The van der Waals surface area contributed by atoms with Crippen molar-refractivity contribution in [3.05, 3.63) is 89.6 Å². The highest BCUT2D eigenvalue weighted by molar-refractivity contribution is 6.27. The fourth-order valence-corrected chi connectivity index (χ4v) is 4.47. The van der Waals surface area contributed by atoms with E-state index in [0.717, 1.165) is 52.1 Å². The van der Waals surface area contributed by atoms with Gasteiger partial charge in [-0.3, -0.25) is 9.69 Å². The average Bonchev–Trinajstić information content (AvgIpc) is 2.96. The van der Waals surface area contributed by atoms with Crippen LogP contribution in [-0.4, -0.2) is 96.2 Å². The molecule has 2 heterocycles. The number of anilines is 2. The maximum atomic E-state index is 12.4. The second-order valence-electron chi connectivity index (χ2n) is 9.61. The minimum Gasteiger partial charge on any atom is -0.473 e. The summed E-state index contributed by atoms with van der Waals surface area (Å²) in [5, 5.41) is 18.1. The molecule has 1 amide bonds. The summed E-state index contributed by atoms with van der Waals surface area (Å²) < 4.78 is 0. The Hall–Kier alpha value is -4.44. The third-order valence-corrected chi connectivity index (χ3v) is 6.51. The van der Waals surface area contributed by atoms with Crippen LogP contribution in [0.2, 0.25) is 0 Å². The molecular formula is C30H37N5O5. The molecule has 0 atom stereocenters. The van der Waals surface area contributed by atoms with Gasteiger partial charge in [-0.15, -0.1) is 0 Å². The Kier molecular flexibility index (Phi) is 11.5. The fraction of sp³-hybridized carbons (Fsp3) is 0.333. The Labute approximate surface area is 234 Å². The number of carbonyl (C=O) groups is 3. The van der Waals surface area contributed by atoms with Crippen molar-refractivity contribution in [3.8, 4) is 0 Å². The summed E-state index contributed by atoms with van der Waals surface area (Å²) in [5.74, 6) is -3.01. The number of carbonyl (C=O) groups excluding carboxylic acids is 1. The number of para-hydroxylation sites is 1. The Morgan fingerprint density at radius 1 is 0.875 bits per heavy atom. The summed E-state index contributed by atoms with van der Waals surface area (Å²) in [6, 6.07) is 23.1. The highest BCUT2D eigenvalue weighted by Gasteiger charge is 2.19. The van der Waals surface area contributed by atoms with Crippen LogP contribution in [0.25, 0.3) is 0 Å². The van der Waals surface area contributed by atoms with Crippen LogP contribution in [0.15, 0.2) is 72.9 Å². The molecule has 0 aliphatic carbocycles. The molecule has 1 aliphatic rings. The minimum absolute atomic E-state index is 0.0285. The smallest absolute Gasteiger partial charge is 0.414 e. The zero-order valence-corrected chi connectivity index (χ0v) is 23.0. The summed E-state index contributed by atoms with van der Waals surface area (Å²) >= 11 is 0. The van der Waals surface area contributed by atoms with E-state index in [1.165, 1.54) is 16.8 Å². The predicted molar refractivity (Wildman–Crippen MR) is 155 cm³/mol. The monoisotopic (exact) mass is 547 g/mol. The average molecular weight is 548 g/mol. The second kappa shape index (κ2) is 15.2. The van der Waals surface area contributed by atoms with E-state index in [1.807, 2.05) is 6.07 Å². The SMILES string of the molecule is CN(C)C(=O)c1cccnc1NCCCN1CCN(c2ccccc2Cc2ccccc2)CC1.O=C(O)C(=O)O. The van der Waals surface area contributed by atoms with Crippen molar-refractivity contribution in [2.45, 2.75) is 12.8 Å². The minimum atomic E-state index is -1.82. The van der Waals surface area contributed by atoms with Crippen LogP contribution < -0.4 is 10.2 Å². The molecule has 1 fully saturated rings. The summed E-state index contributed by atoms with van der Waals surface area (Å²) in [6.45, 7) is 6.05. The van der Waals surface area contributed by atoms with Crippen molar-refractivity contribution < 1.29 is 24.6 Å². The van der Waals surface area contributed by atoms with Gasteiger partial charge in [-0.1, -0.05) is 48.5 Å². The molecule has 0 saturated carbocycles. The standard InChI is InChI=1S/C28H35N5O.C2H2O4/c1-31(2)28(34)25-13-8-15-29-27(25)30-16-9-17-32-18-20-33(21-19-32)26-14-7-6-12-24(26)22-23-10-4-3-5-11-23;3-1(4)2(5)6/h3-8,10-15H,9,16-22H2,1-2H3,(H,29,30);(H,3,4)(H,5,6). The van der Waals surface area contributed by atoms with Crippen LogP contribution in [0.1, 0.15) is 27.9 Å². The van der Waals surface area contributed by atoms with Crippen LogP contribution in [0.4, 0.5) is 11.5 Å². The van der Waals surface area contributed by atoms with Gasteiger partial charge in [-0.2, -0.15) is 0 Å². The number of hydrogen-bond acceptors (Lipinski definition) is 7. The molecule has 0 radical (unpaired) electrons. The normalized spacial score (nSPS) is 13.1. The lowest BCUT2D eigenvalue weighted by molar-refractivity contribution is -0.159. The van der Waals surface area contributed by atoms with Crippen LogP contribution in [0.3, 0.4) is 0 Å². The van der Waals surface area contributed by atoms with Gasteiger partial charge in [0.2, 0.25) is 0 Å². The van der Waals surface area contributed by atoms with E-state index in [0.29, 0.717) is 11.4 Å². The van der Waals surface area contributed by atoms with Gasteiger partial charge in [-0.05, 0) is 48.7 Å². The van der Waals surface area contributed by atoms with Crippen molar-refractivity contribution in [3.63, 3.8) is 0 Å². The van der Waals surface area contributed by atoms with Crippen LogP contribution in [0, 0.1) is 0 Å². The molecule has 40 heavy (non-hydrogen) atoms. The van der Waals surface area contributed by atoms with Crippen LogP contribution in [-0.2, 0) is 16.0 Å². The largest absolute Gasteiger partial charge is 0.473 e. The molecule has 0 unspecified atom stereocenters. The lowest BCUT2D eigenvalue weighted by Gasteiger charge is -2.37. The first-order valence-electron chi connectivity index (χ1n) is 13.2. The summed E-state index contributed by atoms with van der Waals surface area (Å²) in [7, 11) is 3.53. The Morgan fingerprint density at radius 2 is 1.52 bits per heavy atom. The first-order chi connectivity index (χ1) is 19.3. The van der Waals surface area contributed by atoms with E-state index in [1.54, 1.807) is 31.3 Å². The van der Waals surface area contributed by atoms with E-state index < -0.39 is 11.9 Å². The molecule has 3 aromatic rings.